The monoisotopic (exact) mass is 272 g/mol. The number of fused-ring (bicyclic) bond motifs is 3. The maximum absolute atomic E-state index is 14.0. The van der Waals surface area contributed by atoms with E-state index >= 15 is 0 Å². The molecule has 1 aromatic heterocycles. The van der Waals surface area contributed by atoms with Gasteiger partial charge in [0.15, 0.2) is 0 Å². The maximum atomic E-state index is 14.0. The van der Waals surface area contributed by atoms with Crippen molar-refractivity contribution in [2.24, 2.45) is 0 Å². The van der Waals surface area contributed by atoms with Gasteiger partial charge in [0, 0.05) is 11.1 Å². The maximum Gasteiger partial charge on any atom is 0.141 e. The Kier molecular flexibility index (Phi) is 3.23. The second kappa shape index (κ2) is 4.92. The fourth-order valence-electron chi connectivity index (χ4n) is 3.10. The van der Waals surface area contributed by atoms with Gasteiger partial charge in [0.05, 0.1) is 23.8 Å². The van der Waals surface area contributed by atoms with E-state index in [1.54, 1.807) is 0 Å². The van der Waals surface area contributed by atoms with E-state index in [2.05, 4.69) is 11.9 Å². The van der Waals surface area contributed by atoms with Crippen molar-refractivity contribution in [1.29, 1.82) is 5.26 Å². The number of aryl methyl sites for hydroxylation is 1. The summed E-state index contributed by atoms with van der Waals surface area (Å²) in [5.74, 6) is -0.433. The first-order valence-corrected chi connectivity index (χ1v) is 7.02. The Morgan fingerprint density at radius 2 is 2.35 bits per heavy atom. The highest BCUT2D eigenvalue weighted by molar-refractivity contribution is 5.92. The molecular formula is C16H17FN2O. The van der Waals surface area contributed by atoms with Gasteiger partial charge in [0.1, 0.15) is 11.9 Å². The second-order valence-electron chi connectivity index (χ2n) is 5.33. The summed E-state index contributed by atoms with van der Waals surface area (Å²) in [6.45, 7) is 4.61. The van der Waals surface area contributed by atoms with E-state index in [9.17, 15) is 9.65 Å². The highest BCUT2D eigenvalue weighted by atomic mass is 19.1. The number of ether oxygens (including phenoxy) is 1. The van der Waals surface area contributed by atoms with Crippen LogP contribution in [0.4, 0.5) is 4.39 Å². The van der Waals surface area contributed by atoms with Crippen LogP contribution in [0.3, 0.4) is 0 Å². The van der Waals surface area contributed by atoms with Crippen molar-refractivity contribution in [2.75, 3.05) is 6.61 Å². The minimum atomic E-state index is -0.433. The summed E-state index contributed by atoms with van der Waals surface area (Å²) < 4.78 is 19.8. The van der Waals surface area contributed by atoms with E-state index in [1.807, 2.05) is 13.0 Å². The third-order valence-corrected chi connectivity index (χ3v) is 4.02. The number of nitrogens with one attached hydrogen (secondary N) is 1. The van der Waals surface area contributed by atoms with Gasteiger partial charge in [0.2, 0.25) is 0 Å². The average molecular weight is 272 g/mol. The van der Waals surface area contributed by atoms with E-state index in [4.69, 9.17) is 4.74 Å². The molecule has 0 saturated carbocycles. The average Bonchev–Trinajstić information content (AvgIpc) is 2.81. The summed E-state index contributed by atoms with van der Waals surface area (Å²) in [4.78, 5) is 3.38. The molecule has 1 atom stereocenters. The number of hydrogen-bond acceptors (Lipinski definition) is 2. The highest BCUT2D eigenvalue weighted by Gasteiger charge is 2.27. The van der Waals surface area contributed by atoms with Crippen LogP contribution in [0.2, 0.25) is 0 Å². The van der Waals surface area contributed by atoms with E-state index in [-0.39, 0.29) is 11.7 Å². The lowest BCUT2D eigenvalue weighted by molar-refractivity contribution is 0.0339. The predicted octanol–water partition coefficient (Wildman–Crippen LogP) is 3.90. The van der Waals surface area contributed by atoms with Gasteiger partial charge in [-0.05, 0) is 37.0 Å². The van der Waals surface area contributed by atoms with Gasteiger partial charge < -0.3 is 9.72 Å². The molecule has 0 aliphatic carbocycles. The number of benzene rings is 1. The molecule has 2 heterocycles. The van der Waals surface area contributed by atoms with Gasteiger partial charge in [-0.15, -0.1) is 0 Å². The minimum absolute atomic E-state index is 0.0326. The zero-order chi connectivity index (χ0) is 14.3. The minimum Gasteiger partial charge on any atom is -0.372 e. The zero-order valence-corrected chi connectivity index (χ0v) is 11.7. The number of rotatable bonds is 2. The van der Waals surface area contributed by atoms with E-state index in [0.717, 1.165) is 47.0 Å². The first-order chi connectivity index (χ1) is 9.67. The van der Waals surface area contributed by atoms with Crippen LogP contribution in [0.15, 0.2) is 6.07 Å². The molecule has 1 unspecified atom stereocenters. The summed E-state index contributed by atoms with van der Waals surface area (Å²) in [6, 6.07) is 3.44. The Bertz CT molecular complexity index is 712. The summed E-state index contributed by atoms with van der Waals surface area (Å²) in [6.07, 6.45) is 2.72. The SMILES string of the molecule is CCCC1OCCc2c1[nH]c1c(C)cc(F)c(C#N)c21. The third kappa shape index (κ3) is 1.82. The molecule has 1 N–H and O–H groups in total. The van der Waals surface area contributed by atoms with Gasteiger partial charge in [-0.2, -0.15) is 5.26 Å². The molecule has 0 radical (unpaired) electrons. The molecule has 4 heteroatoms. The topological polar surface area (TPSA) is 48.8 Å². The quantitative estimate of drug-likeness (QED) is 0.901. The molecular weight excluding hydrogens is 255 g/mol. The smallest absolute Gasteiger partial charge is 0.141 e. The molecule has 2 aromatic rings. The standard InChI is InChI=1S/C16H17FN2O/c1-3-4-13-16-10(5-6-20-13)14-11(8-18)12(17)7-9(2)15(14)19-16/h7,13,19H,3-6H2,1-2H3. The summed E-state index contributed by atoms with van der Waals surface area (Å²) in [5, 5.41) is 10.0. The molecule has 0 saturated heterocycles. The van der Waals surface area contributed by atoms with Crippen LogP contribution in [0, 0.1) is 24.1 Å². The largest absolute Gasteiger partial charge is 0.372 e. The van der Waals surface area contributed by atoms with Crippen LogP contribution in [0.5, 0.6) is 0 Å². The number of aromatic nitrogens is 1. The van der Waals surface area contributed by atoms with Gasteiger partial charge in [-0.3, -0.25) is 0 Å². The summed E-state index contributed by atoms with van der Waals surface area (Å²) >= 11 is 0. The molecule has 3 nitrogen and oxygen atoms in total. The summed E-state index contributed by atoms with van der Waals surface area (Å²) in [5.41, 5.74) is 3.95. The van der Waals surface area contributed by atoms with Crippen molar-refractivity contribution < 1.29 is 9.13 Å². The fraction of sp³-hybridized carbons (Fsp3) is 0.438. The third-order valence-electron chi connectivity index (χ3n) is 4.02. The number of nitriles is 1. The number of hydrogen-bond donors (Lipinski definition) is 1. The van der Waals surface area contributed by atoms with Crippen LogP contribution < -0.4 is 0 Å². The van der Waals surface area contributed by atoms with Crippen LogP contribution in [-0.4, -0.2) is 11.6 Å². The second-order valence-corrected chi connectivity index (χ2v) is 5.33. The molecule has 3 rings (SSSR count). The van der Waals surface area contributed by atoms with Crippen LogP contribution in [0.1, 0.15) is 48.3 Å². The lowest BCUT2D eigenvalue weighted by atomic mass is 9.96. The van der Waals surface area contributed by atoms with Crippen molar-refractivity contribution in [1.82, 2.24) is 4.98 Å². The number of halogens is 1. The van der Waals surface area contributed by atoms with Gasteiger partial charge in [-0.1, -0.05) is 13.3 Å². The van der Waals surface area contributed by atoms with Crippen molar-refractivity contribution in [3.8, 4) is 6.07 Å². The van der Waals surface area contributed by atoms with Crippen molar-refractivity contribution in [2.45, 2.75) is 39.2 Å². The molecule has 20 heavy (non-hydrogen) atoms. The molecule has 0 amide bonds. The Labute approximate surface area is 117 Å². The predicted molar refractivity (Wildman–Crippen MR) is 75.0 cm³/mol. The molecule has 0 fully saturated rings. The number of nitrogens with zero attached hydrogens (tertiary/aromatic N) is 1. The van der Waals surface area contributed by atoms with Gasteiger partial charge in [-0.25, -0.2) is 4.39 Å². The van der Waals surface area contributed by atoms with Gasteiger partial charge in [0.25, 0.3) is 0 Å². The Morgan fingerprint density at radius 1 is 1.55 bits per heavy atom. The summed E-state index contributed by atoms with van der Waals surface area (Å²) in [7, 11) is 0. The van der Waals surface area contributed by atoms with Crippen LogP contribution in [0.25, 0.3) is 10.9 Å². The van der Waals surface area contributed by atoms with Crippen LogP contribution >= 0.6 is 0 Å². The van der Waals surface area contributed by atoms with Crippen molar-refractivity contribution in [3.63, 3.8) is 0 Å². The highest BCUT2D eigenvalue weighted by Crippen LogP contribution is 2.38. The fourth-order valence-corrected chi connectivity index (χ4v) is 3.10. The molecule has 1 aromatic carbocycles. The van der Waals surface area contributed by atoms with E-state index in [0.29, 0.717) is 6.61 Å². The van der Waals surface area contributed by atoms with E-state index < -0.39 is 5.82 Å². The molecule has 1 aliphatic heterocycles. The van der Waals surface area contributed by atoms with Crippen LogP contribution in [-0.2, 0) is 11.2 Å². The van der Waals surface area contributed by atoms with Gasteiger partial charge >= 0.3 is 0 Å². The normalized spacial score (nSPS) is 18.0. The van der Waals surface area contributed by atoms with Crippen molar-refractivity contribution >= 4 is 10.9 Å². The number of H-pyrrole nitrogens is 1. The Morgan fingerprint density at radius 3 is 3.05 bits per heavy atom. The lowest BCUT2D eigenvalue weighted by Crippen LogP contribution is -2.15. The first kappa shape index (κ1) is 13.1. The zero-order valence-electron chi connectivity index (χ0n) is 11.7. The van der Waals surface area contributed by atoms with E-state index in [1.165, 1.54) is 6.07 Å². The lowest BCUT2D eigenvalue weighted by Gasteiger charge is -2.23. The molecule has 0 spiro atoms. The van der Waals surface area contributed by atoms with Crippen molar-refractivity contribution in [3.05, 3.63) is 34.3 Å². The number of aromatic amines is 1. The molecule has 104 valence electrons. The Hall–Kier alpha value is -1.86. The molecule has 0 bridgehead atoms. The Balaban J connectivity index is 2.32. The first-order valence-electron chi connectivity index (χ1n) is 7.02. The molecule has 1 aliphatic rings.